The highest BCUT2D eigenvalue weighted by Crippen LogP contribution is 2.34. The zero-order valence-corrected chi connectivity index (χ0v) is 41.5. The van der Waals surface area contributed by atoms with Crippen LogP contribution in [0.3, 0.4) is 0 Å². The number of nitrogens with zero attached hydrogens (tertiary/aromatic N) is 4. The number of pyridine rings is 3. The van der Waals surface area contributed by atoms with Gasteiger partial charge in [-0.2, -0.15) is 0 Å². The van der Waals surface area contributed by atoms with Crippen molar-refractivity contribution in [2.75, 3.05) is 26.2 Å². The summed E-state index contributed by atoms with van der Waals surface area (Å²) in [5.74, 6) is -6.41. The van der Waals surface area contributed by atoms with Crippen LogP contribution in [0, 0.1) is 17.5 Å². The number of nitrogens with one attached hydrogen (secondary N) is 1. The van der Waals surface area contributed by atoms with Gasteiger partial charge in [0.15, 0.2) is 0 Å². The van der Waals surface area contributed by atoms with Gasteiger partial charge in [0.25, 0.3) is 23.3 Å². The van der Waals surface area contributed by atoms with Crippen LogP contribution in [0.15, 0.2) is 146 Å². The topological polar surface area (TPSA) is 215 Å². The number of carboxylic acids is 1. The molecule has 1 aliphatic heterocycles. The van der Waals surface area contributed by atoms with Gasteiger partial charge < -0.3 is 29.9 Å². The molecule has 9 rings (SSSR count). The van der Waals surface area contributed by atoms with Gasteiger partial charge in [-0.05, 0) is 135 Å². The van der Waals surface area contributed by atoms with E-state index in [1.807, 2.05) is 0 Å². The van der Waals surface area contributed by atoms with E-state index >= 15 is 0 Å². The van der Waals surface area contributed by atoms with E-state index in [-0.39, 0.29) is 47.2 Å². The highest BCUT2D eigenvalue weighted by Gasteiger charge is 2.31. The number of hydrogen-bond acceptors (Lipinski definition) is 13. The molecule has 2 atom stereocenters. The van der Waals surface area contributed by atoms with Crippen molar-refractivity contribution in [2.45, 2.75) is 50.9 Å². The minimum atomic E-state index is -1.54. The lowest BCUT2D eigenvalue weighted by molar-refractivity contribution is -0.137. The lowest BCUT2D eigenvalue weighted by atomic mass is 10.0. The zero-order valence-electron chi connectivity index (χ0n) is 40.7. The first-order valence-electron chi connectivity index (χ1n) is 23.9. The van der Waals surface area contributed by atoms with Crippen molar-refractivity contribution in [3.8, 4) is 39.1 Å². The normalized spacial score (nSPS) is 13.6. The number of Topliss-reactive ketones (excluding diaryl/α,β-unsaturated/α-hetero) is 3. The Bertz CT molecular complexity index is 3160. The molecule has 7 aromatic rings. The standard InChI is InChI=1S/C29H29ClFN3O4.C15H12FNO3.C13H8FNO3/c30-23-15-19(6-12-26(23)38-22-9-10-22)27(35)25(17-34-13-1-2-14-34)33-29(37)28(36)24-11-5-20(16-32-24)18-3-7-21(31)8-4-18;1-2-20-15(19)14(18)13-8-5-11(9-17-13)10-3-6-12(16)7-4-10;14-10-4-1-8(2-5-10)9-3-6-11(15-7-9)12(16)13(17)18/h3-8,11-12,15-16,22,25,27,35H,1-2,9-10,13-14,17H2,(H,33,37);3-9H,2H2,1H3;1-7H,(H,17,18)/t25-,27-;;/m1../s1. The number of aliphatic carboxylic acids is 1. The number of ether oxygens (including phenoxy) is 2. The maximum Gasteiger partial charge on any atom is 0.381 e. The number of aliphatic hydroxyl groups excluding tert-OH is 1. The third kappa shape index (κ3) is 15.3. The highest BCUT2D eigenvalue weighted by atomic mass is 35.5. The largest absolute Gasteiger partial charge is 0.489 e. The van der Waals surface area contributed by atoms with E-state index in [1.54, 1.807) is 79.7 Å². The summed E-state index contributed by atoms with van der Waals surface area (Å²) in [6.07, 6.45) is 7.49. The molecule has 1 amide bonds. The van der Waals surface area contributed by atoms with Crippen LogP contribution in [0.25, 0.3) is 33.4 Å². The van der Waals surface area contributed by atoms with Crippen molar-refractivity contribution < 1.29 is 61.6 Å². The molecule has 15 nitrogen and oxygen atoms in total. The number of hydrogen-bond donors (Lipinski definition) is 3. The van der Waals surface area contributed by atoms with Crippen LogP contribution in [-0.2, 0) is 19.1 Å². The second kappa shape index (κ2) is 26.2. The predicted molar refractivity (Wildman–Crippen MR) is 274 cm³/mol. The van der Waals surface area contributed by atoms with E-state index in [4.69, 9.17) is 21.4 Å². The summed E-state index contributed by atoms with van der Waals surface area (Å²) in [7, 11) is 0. The molecule has 3 N–H and O–H groups in total. The Morgan fingerprint density at radius 1 is 0.632 bits per heavy atom. The van der Waals surface area contributed by atoms with Crippen LogP contribution in [0.1, 0.15) is 75.7 Å². The SMILES string of the molecule is CCOC(=O)C(=O)c1ccc(-c2ccc(F)cc2)cn1.O=C(N[C@H](CN1CCCC1)[C@H](O)c1ccc(OC2CC2)c(Cl)c1)C(=O)c1ccc(-c2ccc(F)cc2)cn1.O=C(O)C(=O)c1ccc(-c2ccc(F)cc2)cn1. The Kier molecular flexibility index (Phi) is 19.0. The van der Waals surface area contributed by atoms with Gasteiger partial charge in [0.05, 0.1) is 23.8 Å². The minimum Gasteiger partial charge on any atom is -0.489 e. The molecule has 3 aromatic heterocycles. The van der Waals surface area contributed by atoms with Gasteiger partial charge in [0, 0.05) is 41.8 Å². The molecular weight excluding hydrogens is 1010 g/mol. The Morgan fingerprint density at radius 2 is 1.07 bits per heavy atom. The Labute approximate surface area is 439 Å². The first-order valence-corrected chi connectivity index (χ1v) is 24.3. The highest BCUT2D eigenvalue weighted by molar-refractivity contribution is 6.42. The second-order valence-electron chi connectivity index (χ2n) is 17.4. The van der Waals surface area contributed by atoms with E-state index < -0.39 is 47.3 Å². The zero-order chi connectivity index (χ0) is 54.3. The molecule has 0 unspecified atom stereocenters. The molecule has 2 aliphatic rings. The van der Waals surface area contributed by atoms with E-state index in [0.717, 1.165) is 61.0 Å². The Balaban J connectivity index is 0.000000185. The summed E-state index contributed by atoms with van der Waals surface area (Å²) in [6.45, 7) is 3.85. The van der Waals surface area contributed by atoms with Crippen molar-refractivity contribution in [3.63, 3.8) is 0 Å². The van der Waals surface area contributed by atoms with E-state index in [0.29, 0.717) is 34.0 Å². The van der Waals surface area contributed by atoms with Crippen LogP contribution in [-0.4, -0.2) is 104 Å². The molecule has 0 bridgehead atoms. The fourth-order valence-corrected chi connectivity index (χ4v) is 7.88. The molecule has 19 heteroatoms. The third-order valence-corrected chi connectivity index (χ3v) is 12.1. The number of aromatic nitrogens is 3. The van der Waals surface area contributed by atoms with Crippen LogP contribution >= 0.6 is 11.6 Å². The summed E-state index contributed by atoms with van der Waals surface area (Å²) >= 11 is 6.41. The Morgan fingerprint density at radius 3 is 1.46 bits per heavy atom. The molecule has 1 saturated heterocycles. The van der Waals surface area contributed by atoms with Crippen LogP contribution in [0.4, 0.5) is 13.2 Å². The average molecular weight is 1060 g/mol. The van der Waals surface area contributed by atoms with Gasteiger partial charge in [-0.25, -0.2) is 22.8 Å². The number of carboxylic acid groups (broad SMARTS) is 1. The number of rotatable bonds is 17. The van der Waals surface area contributed by atoms with Gasteiger partial charge in [0.1, 0.15) is 46.4 Å². The number of carbonyl (C=O) groups excluding carboxylic acids is 5. The molecule has 1 saturated carbocycles. The number of likely N-dealkylation sites (tertiary alicyclic amines) is 1. The van der Waals surface area contributed by atoms with Crippen molar-refractivity contribution in [1.29, 1.82) is 0 Å². The maximum atomic E-state index is 13.2. The molecule has 4 aromatic carbocycles. The number of benzene rings is 4. The fraction of sp³-hybridized carbons (Fsp3) is 0.211. The first-order chi connectivity index (χ1) is 36.6. The molecule has 0 spiro atoms. The molecule has 390 valence electrons. The minimum absolute atomic E-state index is 0.0209. The third-order valence-electron chi connectivity index (χ3n) is 11.8. The van der Waals surface area contributed by atoms with Crippen molar-refractivity contribution >= 4 is 46.8 Å². The first kappa shape index (κ1) is 55.3. The number of amides is 1. The number of esters is 1. The summed E-state index contributed by atoms with van der Waals surface area (Å²) < 4.78 is 49.2. The molecular formula is C57H49ClF3N5O10. The number of carbonyl (C=O) groups is 6. The number of halogens is 4. The Hall–Kier alpha value is -8.45. The average Bonchev–Trinajstić information content (AvgIpc) is 4.11. The summed E-state index contributed by atoms with van der Waals surface area (Å²) in [5.41, 5.74) is 4.74. The molecule has 1 aliphatic carbocycles. The van der Waals surface area contributed by atoms with Gasteiger partial charge >= 0.3 is 11.9 Å². The van der Waals surface area contributed by atoms with E-state index in [2.05, 4.69) is 29.9 Å². The van der Waals surface area contributed by atoms with Crippen molar-refractivity contribution in [2.24, 2.45) is 0 Å². The predicted octanol–water partition coefficient (Wildman–Crippen LogP) is 9.37. The van der Waals surface area contributed by atoms with Crippen LogP contribution in [0.2, 0.25) is 5.02 Å². The van der Waals surface area contributed by atoms with Crippen LogP contribution in [0.5, 0.6) is 5.75 Å². The lowest BCUT2D eigenvalue weighted by Gasteiger charge is -2.28. The molecule has 0 radical (unpaired) electrons. The van der Waals surface area contributed by atoms with E-state index in [9.17, 15) is 47.0 Å². The molecule has 4 heterocycles. The van der Waals surface area contributed by atoms with Crippen molar-refractivity contribution in [3.05, 3.63) is 191 Å². The number of aliphatic hydroxyl groups is 1. The second-order valence-corrected chi connectivity index (χ2v) is 17.8. The van der Waals surface area contributed by atoms with Gasteiger partial charge in [-0.15, -0.1) is 0 Å². The quantitative estimate of drug-likeness (QED) is 0.0440. The summed E-state index contributed by atoms with van der Waals surface area (Å²) in [4.78, 5) is 84.4. The fourth-order valence-electron chi connectivity index (χ4n) is 7.65. The molecule has 2 fully saturated rings. The smallest absolute Gasteiger partial charge is 0.381 e. The monoisotopic (exact) mass is 1060 g/mol. The van der Waals surface area contributed by atoms with Crippen LogP contribution < -0.4 is 10.1 Å². The van der Waals surface area contributed by atoms with Gasteiger partial charge in [-0.3, -0.25) is 34.1 Å². The summed E-state index contributed by atoms with van der Waals surface area (Å²) in [5, 5.41) is 22.9. The maximum absolute atomic E-state index is 13.2. The van der Waals surface area contributed by atoms with Crippen molar-refractivity contribution in [1.82, 2.24) is 25.2 Å². The van der Waals surface area contributed by atoms with E-state index in [1.165, 1.54) is 73.2 Å². The number of ketones is 3. The van der Waals surface area contributed by atoms with Gasteiger partial charge in [0.2, 0.25) is 0 Å². The summed E-state index contributed by atoms with van der Waals surface area (Å²) in [6, 6.07) is 31.0. The molecule has 76 heavy (non-hydrogen) atoms. The van der Waals surface area contributed by atoms with Gasteiger partial charge in [-0.1, -0.05) is 72.3 Å². The lowest BCUT2D eigenvalue weighted by Crippen LogP contribution is -2.48.